The van der Waals surface area contributed by atoms with Crippen LogP contribution in [0.2, 0.25) is 5.02 Å². The summed E-state index contributed by atoms with van der Waals surface area (Å²) in [6.07, 6.45) is 3.25. The van der Waals surface area contributed by atoms with Crippen LogP contribution in [-0.2, 0) is 20.0 Å². The van der Waals surface area contributed by atoms with E-state index in [0.29, 0.717) is 11.6 Å². The molecule has 0 radical (unpaired) electrons. The summed E-state index contributed by atoms with van der Waals surface area (Å²) in [4.78, 5) is 12.0. The molecule has 0 aromatic heterocycles. The summed E-state index contributed by atoms with van der Waals surface area (Å²) in [5, 5.41) is 3.52. The van der Waals surface area contributed by atoms with Crippen molar-refractivity contribution in [2.45, 2.75) is 30.7 Å². The Morgan fingerprint density at radius 1 is 1.45 bits per heavy atom. The molecule has 1 aliphatic carbocycles. The first-order valence-corrected chi connectivity index (χ1v) is 9.63. The van der Waals surface area contributed by atoms with Gasteiger partial charge in [0.25, 0.3) is 0 Å². The molecule has 7 heteroatoms. The summed E-state index contributed by atoms with van der Waals surface area (Å²) in [7, 11) is -3.11. The molecule has 22 heavy (non-hydrogen) atoms. The zero-order chi connectivity index (χ0) is 16.4. The Bertz CT molecular complexity index is 657. The van der Waals surface area contributed by atoms with E-state index in [1.54, 1.807) is 0 Å². The van der Waals surface area contributed by atoms with Crippen molar-refractivity contribution in [1.29, 1.82) is 0 Å². The van der Waals surface area contributed by atoms with E-state index in [1.807, 2.05) is 24.3 Å². The van der Waals surface area contributed by atoms with Gasteiger partial charge in [0.15, 0.2) is 0 Å². The molecule has 0 spiro atoms. The van der Waals surface area contributed by atoms with E-state index >= 15 is 0 Å². The molecule has 1 aromatic carbocycles. The summed E-state index contributed by atoms with van der Waals surface area (Å²) in [5.74, 6) is -0.391. The van der Waals surface area contributed by atoms with Crippen LogP contribution in [0.1, 0.15) is 24.8 Å². The number of hydrogen-bond donors (Lipinski definition) is 2. The zero-order valence-electron chi connectivity index (χ0n) is 12.5. The van der Waals surface area contributed by atoms with Gasteiger partial charge in [0, 0.05) is 23.2 Å². The molecular weight excluding hydrogens is 324 g/mol. The molecule has 1 saturated carbocycles. The van der Waals surface area contributed by atoms with Gasteiger partial charge in [-0.05, 0) is 37.0 Å². The van der Waals surface area contributed by atoms with Gasteiger partial charge < -0.3 is 11.1 Å². The average molecular weight is 345 g/mol. The fourth-order valence-corrected chi connectivity index (χ4v) is 3.27. The standard InChI is InChI=1S/C15H21ClN2O3S/c1-22(20,21)8-5-13(17)14(19)18-10-15(6-7-15)11-3-2-4-12(16)9-11/h2-4,9,13H,5-8,10,17H2,1H3,(H,18,19). The molecule has 2 rings (SSSR count). The lowest BCUT2D eigenvalue weighted by Gasteiger charge is -2.19. The average Bonchev–Trinajstić information content (AvgIpc) is 3.22. The van der Waals surface area contributed by atoms with Crippen LogP contribution in [0.3, 0.4) is 0 Å². The largest absolute Gasteiger partial charge is 0.354 e. The maximum atomic E-state index is 12.0. The number of benzene rings is 1. The number of nitrogens with two attached hydrogens (primary N) is 1. The molecule has 1 fully saturated rings. The first kappa shape index (κ1) is 17.2. The van der Waals surface area contributed by atoms with Crippen molar-refractivity contribution in [2.24, 2.45) is 5.73 Å². The Morgan fingerprint density at radius 3 is 2.68 bits per heavy atom. The van der Waals surface area contributed by atoms with Crippen LogP contribution in [0.25, 0.3) is 0 Å². The lowest BCUT2D eigenvalue weighted by Crippen LogP contribution is -2.44. The van der Waals surface area contributed by atoms with Gasteiger partial charge in [-0.25, -0.2) is 8.42 Å². The normalized spacial score (nSPS) is 17.8. The van der Waals surface area contributed by atoms with Gasteiger partial charge in [-0.3, -0.25) is 4.79 Å². The summed E-state index contributed by atoms with van der Waals surface area (Å²) in [5.41, 5.74) is 6.80. The minimum absolute atomic E-state index is 0.0584. The van der Waals surface area contributed by atoms with Crippen LogP contribution in [0.4, 0.5) is 0 Å². The first-order valence-electron chi connectivity index (χ1n) is 7.19. The number of carbonyl (C=O) groups excluding carboxylic acids is 1. The summed E-state index contributed by atoms with van der Waals surface area (Å²) in [6, 6.07) is 6.85. The SMILES string of the molecule is CS(=O)(=O)CCC(N)C(=O)NCC1(c2cccc(Cl)c2)CC1. The van der Waals surface area contributed by atoms with E-state index in [0.717, 1.165) is 24.7 Å². The number of sulfone groups is 1. The Kier molecular flexibility index (Phi) is 5.14. The predicted octanol–water partition coefficient (Wildman–Crippen LogP) is 1.25. The fourth-order valence-electron chi connectivity index (χ4n) is 2.40. The van der Waals surface area contributed by atoms with Crippen LogP contribution < -0.4 is 11.1 Å². The second kappa shape index (κ2) is 6.56. The van der Waals surface area contributed by atoms with Crippen LogP contribution in [0.15, 0.2) is 24.3 Å². The minimum atomic E-state index is -3.11. The van der Waals surface area contributed by atoms with E-state index in [9.17, 15) is 13.2 Å². The number of carbonyl (C=O) groups is 1. The molecule has 1 unspecified atom stereocenters. The third-order valence-corrected chi connectivity index (χ3v) is 5.24. The molecule has 122 valence electrons. The van der Waals surface area contributed by atoms with Crippen LogP contribution in [-0.4, -0.2) is 38.9 Å². The van der Waals surface area contributed by atoms with E-state index in [-0.39, 0.29) is 23.5 Å². The monoisotopic (exact) mass is 344 g/mol. The van der Waals surface area contributed by atoms with E-state index in [2.05, 4.69) is 5.32 Å². The van der Waals surface area contributed by atoms with Crippen LogP contribution >= 0.6 is 11.6 Å². The van der Waals surface area contributed by atoms with Crippen molar-refractivity contribution >= 4 is 27.3 Å². The molecule has 0 heterocycles. The lowest BCUT2D eigenvalue weighted by molar-refractivity contribution is -0.122. The summed E-state index contributed by atoms with van der Waals surface area (Å²) in [6.45, 7) is 0.499. The van der Waals surface area contributed by atoms with Crippen molar-refractivity contribution in [3.63, 3.8) is 0 Å². The second-order valence-electron chi connectivity index (χ2n) is 6.03. The van der Waals surface area contributed by atoms with Crippen molar-refractivity contribution in [3.8, 4) is 0 Å². The van der Waals surface area contributed by atoms with Crippen LogP contribution in [0.5, 0.6) is 0 Å². The molecule has 1 aromatic rings. The highest BCUT2D eigenvalue weighted by Gasteiger charge is 2.44. The third kappa shape index (κ3) is 4.69. The summed E-state index contributed by atoms with van der Waals surface area (Å²) < 4.78 is 22.2. The number of nitrogens with one attached hydrogen (secondary N) is 1. The maximum Gasteiger partial charge on any atom is 0.236 e. The quantitative estimate of drug-likeness (QED) is 0.779. The lowest BCUT2D eigenvalue weighted by atomic mass is 9.96. The number of hydrogen-bond acceptors (Lipinski definition) is 4. The Labute approximate surface area is 136 Å². The van der Waals surface area contributed by atoms with Gasteiger partial charge in [0.2, 0.25) is 5.91 Å². The molecule has 1 amide bonds. The molecule has 0 saturated heterocycles. The number of amides is 1. The van der Waals surface area contributed by atoms with Gasteiger partial charge >= 0.3 is 0 Å². The highest BCUT2D eigenvalue weighted by atomic mass is 35.5. The minimum Gasteiger partial charge on any atom is -0.354 e. The maximum absolute atomic E-state index is 12.0. The van der Waals surface area contributed by atoms with E-state index in [1.165, 1.54) is 0 Å². The molecule has 1 aliphatic rings. The fraction of sp³-hybridized carbons (Fsp3) is 0.533. The Hall–Kier alpha value is -1.11. The summed E-state index contributed by atoms with van der Waals surface area (Å²) >= 11 is 6.01. The van der Waals surface area contributed by atoms with Gasteiger partial charge in [0.05, 0.1) is 11.8 Å². The topological polar surface area (TPSA) is 89.3 Å². The highest BCUT2D eigenvalue weighted by molar-refractivity contribution is 7.90. The first-order chi connectivity index (χ1) is 10.2. The molecule has 0 bridgehead atoms. The molecule has 5 nitrogen and oxygen atoms in total. The molecule has 0 aliphatic heterocycles. The highest BCUT2D eigenvalue weighted by Crippen LogP contribution is 2.48. The Balaban J connectivity index is 1.88. The van der Waals surface area contributed by atoms with Crippen molar-refractivity contribution in [1.82, 2.24) is 5.32 Å². The van der Waals surface area contributed by atoms with E-state index in [4.69, 9.17) is 17.3 Å². The Morgan fingerprint density at radius 2 is 2.14 bits per heavy atom. The number of rotatable bonds is 7. The smallest absolute Gasteiger partial charge is 0.236 e. The zero-order valence-corrected chi connectivity index (χ0v) is 14.1. The van der Waals surface area contributed by atoms with Crippen molar-refractivity contribution in [2.75, 3.05) is 18.6 Å². The van der Waals surface area contributed by atoms with Crippen molar-refractivity contribution < 1.29 is 13.2 Å². The second-order valence-corrected chi connectivity index (χ2v) is 8.73. The van der Waals surface area contributed by atoms with Crippen LogP contribution in [0, 0.1) is 0 Å². The number of halogens is 1. The van der Waals surface area contributed by atoms with Gasteiger partial charge in [-0.15, -0.1) is 0 Å². The van der Waals surface area contributed by atoms with E-state index < -0.39 is 15.9 Å². The van der Waals surface area contributed by atoms with Gasteiger partial charge in [-0.2, -0.15) is 0 Å². The molecule has 1 atom stereocenters. The van der Waals surface area contributed by atoms with Gasteiger partial charge in [-0.1, -0.05) is 23.7 Å². The van der Waals surface area contributed by atoms with Crippen molar-refractivity contribution in [3.05, 3.63) is 34.9 Å². The predicted molar refractivity (Wildman–Crippen MR) is 87.7 cm³/mol. The molecular formula is C15H21ClN2O3S. The van der Waals surface area contributed by atoms with Gasteiger partial charge in [0.1, 0.15) is 9.84 Å². The third-order valence-electron chi connectivity index (χ3n) is 4.03. The molecule has 3 N–H and O–H groups in total.